The minimum atomic E-state index is -0.0425. The number of rotatable bonds is 10. The number of fused-ring (bicyclic) bond motifs is 1. The summed E-state index contributed by atoms with van der Waals surface area (Å²) in [6.45, 7) is 11.2. The van der Waals surface area contributed by atoms with E-state index >= 15 is 0 Å². The van der Waals surface area contributed by atoms with E-state index in [0.717, 1.165) is 66.7 Å². The van der Waals surface area contributed by atoms with Crippen LogP contribution in [0.4, 0.5) is 0 Å². The summed E-state index contributed by atoms with van der Waals surface area (Å²) in [6, 6.07) is 14.8. The molecule has 0 radical (unpaired) electrons. The minimum Gasteiger partial charge on any atom is -0.376 e. The van der Waals surface area contributed by atoms with E-state index in [0.29, 0.717) is 13.1 Å². The van der Waals surface area contributed by atoms with Crippen LogP contribution in [0, 0.1) is 20.8 Å². The quantitative estimate of drug-likeness (QED) is 0.327. The molecule has 1 N–H and O–H groups in total. The van der Waals surface area contributed by atoms with Crippen LogP contribution in [-0.4, -0.2) is 49.3 Å². The van der Waals surface area contributed by atoms with Crippen LogP contribution < -0.4 is 5.56 Å². The highest BCUT2D eigenvalue weighted by Crippen LogP contribution is 2.27. The molecule has 1 saturated heterocycles. The maximum Gasteiger partial charge on any atom is 0.252 e. The summed E-state index contributed by atoms with van der Waals surface area (Å²) in [5.41, 5.74) is 6.47. The molecule has 200 valence electrons. The van der Waals surface area contributed by atoms with E-state index in [2.05, 4.69) is 88.6 Å². The van der Waals surface area contributed by atoms with Gasteiger partial charge in [-0.3, -0.25) is 9.69 Å². The third-order valence-electron chi connectivity index (χ3n) is 7.76. The van der Waals surface area contributed by atoms with E-state index in [1.54, 1.807) is 0 Å². The van der Waals surface area contributed by atoms with Gasteiger partial charge in [-0.15, -0.1) is 5.10 Å². The van der Waals surface area contributed by atoms with Crippen molar-refractivity contribution in [1.29, 1.82) is 0 Å². The van der Waals surface area contributed by atoms with Gasteiger partial charge in [-0.2, -0.15) is 0 Å². The fourth-order valence-electron chi connectivity index (χ4n) is 5.73. The molecule has 8 nitrogen and oxygen atoms in total. The number of hydrogen-bond donors (Lipinski definition) is 1. The van der Waals surface area contributed by atoms with Crippen molar-refractivity contribution in [2.45, 2.75) is 78.6 Å². The number of benzene rings is 2. The zero-order valence-electron chi connectivity index (χ0n) is 22.9. The Labute approximate surface area is 224 Å². The van der Waals surface area contributed by atoms with Crippen molar-refractivity contribution in [2.75, 3.05) is 13.2 Å². The summed E-state index contributed by atoms with van der Waals surface area (Å²) in [4.78, 5) is 18.8. The lowest BCUT2D eigenvalue weighted by molar-refractivity contribution is 0.0893. The van der Waals surface area contributed by atoms with Gasteiger partial charge >= 0.3 is 0 Å². The van der Waals surface area contributed by atoms with Crippen molar-refractivity contribution >= 4 is 10.9 Å². The molecule has 2 aromatic heterocycles. The highest BCUT2D eigenvalue weighted by Gasteiger charge is 2.27. The van der Waals surface area contributed by atoms with Gasteiger partial charge < -0.3 is 9.72 Å². The summed E-state index contributed by atoms with van der Waals surface area (Å²) in [5.74, 6) is 0.830. The molecule has 2 aromatic carbocycles. The van der Waals surface area contributed by atoms with Gasteiger partial charge in [-0.25, -0.2) is 4.68 Å². The van der Waals surface area contributed by atoms with Gasteiger partial charge in [0.15, 0.2) is 5.82 Å². The van der Waals surface area contributed by atoms with Crippen molar-refractivity contribution in [3.8, 4) is 0 Å². The lowest BCUT2D eigenvalue weighted by Crippen LogP contribution is -2.35. The molecular formula is C30H38N6O2. The Bertz CT molecular complexity index is 1450. The van der Waals surface area contributed by atoms with Crippen LogP contribution in [0.3, 0.4) is 0 Å². The van der Waals surface area contributed by atoms with E-state index in [9.17, 15) is 4.79 Å². The molecule has 0 spiro atoms. The Hall–Kier alpha value is -3.36. The van der Waals surface area contributed by atoms with Crippen LogP contribution in [0.1, 0.15) is 65.9 Å². The Balaban J connectivity index is 1.49. The second-order valence-corrected chi connectivity index (χ2v) is 10.6. The van der Waals surface area contributed by atoms with Crippen LogP contribution >= 0.6 is 0 Å². The molecule has 2 atom stereocenters. The predicted molar refractivity (Wildman–Crippen MR) is 149 cm³/mol. The topological polar surface area (TPSA) is 88.9 Å². The van der Waals surface area contributed by atoms with Crippen LogP contribution in [-0.2, 0) is 24.2 Å². The molecule has 1 aliphatic heterocycles. The Morgan fingerprint density at radius 2 is 1.97 bits per heavy atom. The maximum absolute atomic E-state index is 13.3. The summed E-state index contributed by atoms with van der Waals surface area (Å²) >= 11 is 0. The number of aromatic amines is 1. The lowest BCUT2D eigenvalue weighted by Gasteiger charge is -2.30. The SMILES string of the molecule is CC[C@H](c1nnnn1C[C@@H]1CCCO1)N(CCc1ccccc1C)Cc1cc2cc(C)cc(C)c2[nH]c1=O. The van der Waals surface area contributed by atoms with Gasteiger partial charge in [-0.05, 0) is 91.1 Å². The number of H-pyrrole nitrogens is 1. The van der Waals surface area contributed by atoms with Crippen LogP contribution in [0.15, 0.2) is 47.3 Å². The molecule has 0 saturated carbocycles. The first-order chi connectivity index (χ1) is 18.4. The van der Waals surface area contributed by atoms with Crippen molar-refractivity contribution in [3.63, 3.8) is 0 Å². The van der Waals surface area contributed by atoms with Crippen molar-refractivity contribution in [3.05, 3.63) is 86.5 Å². The molecule has 38 heavy (non-hydrogen) atoms. The number of pyridine rings is 1. The second-order valence-electron chi connectivity index (χ2n) is 10.6. The lowest BCUT2D eigenvalue weighted by atomic mass is 10.0. The molecular weight excluding hydrogens is 476 g/mol. The third kappa shape index (κ3) is 5.71. The van der Waals surface area contributed by atoms with Gasteiger partial charge in [0.2, 0.25) is 0 Å². The molecule has 0 aliphatic carbocycles. The van der Waals surface area contributed by atoms with Crippen molar-refractivity contribution in [1.82, 2.24) is 30.1 Å². The van der Waals surface area contributed by atoms with E-state index in [4.69, 9.17) is 4.74 Å². The Kier molecular flexibility index (Phi) is 8.00. The van der Waals surface area contributed by atoms with Gasteiger partial charge in [0, 0.05) is 25.3 Å². The first-order valence-electron chi connectivity index (χ1n) is 13.7. The van der Waals surface area contributed by atoms with Crippen molar-refractivity contribution in [2.24, 2.45) is 0 Å². The third-order valence-corrected chi connectivity index (χ3v) is 7.76. The number of hydrogen-bond acceptors (Lipinski definition) is 6. The van der Waals surface area contributed by atoms with Crippen LogP contribution in [0.25, 0.3) is 10.9 Å². The smallest absolute Gasteiger partial charge is 0.252 e. The molecule has 1 fully saturated rings. The molecule has 3 heterocycles. The van der Waals surface area contributed by atoms with E-state index in [1.807, 2.05) is 11.6 Å². The van der Waals surface area contributed by atoms with Crippen molar-refractivity contribution < 1.29 is 4.74 Å². The number of nitrogens with one attached hydrogen (secondary N) is 1. The van der Waals surface area contributed by atoms with Crippen LogP contribution in [0.2, 0.25) is 0 Å². The average molecular weight is 515 g/mol. The number of tetrazole rings is 1. The molecule has 0 amide bonds. The van der Waals surface area contributed by atoms with Crippen LogP contribution in [0.5, 0.6) is 0 Å². The van der Waals surface area contributed by atoms with Gasteiger partial charge in [0.25, 0.3) is 5.56 Å². The summed E-state index contributed by atoms with van der Waals surface area (Å²) < 4.78 is 7.77. The van der Waals surface area contributed by atoms with E-state index in [1.165, 1.54) is 16.7 Å². The highest BCUT2D eigenvalue weighted by atomic mass is 16.5. The zero-order valence-corrected chi connectivity index (χ0v) is 22.9. The van der Waals surface area contributed by atoms with Gasteiger partial charge in [-0.1, -0.05) is 42.8 Å². The Morgan fingerprint density at radius 3 is 2.74 bits per heavy atom. The number of aromatic nitrogens is 5. The predicted octanol–water partition coefficient (Wildman–Crippen LogP) is 4.81. The summed E-state index contributed by atoms with van der Waals surface area (Å²) in [7, 11) is 0. The molecule has 0 bridgehead atoms. The summed E-state index contributed by atoms with van der Waals surface area (Å²) in [6.07, 6.45) is 3.94. The highest BCUT2D eigenvalue weighted by molar-refractivity contribution is 5.82. The Morgan fingerprint density at radius 1 is 1.13 bits per heavy atom. The fourth-order valence-corrected chi connectivity index (χ4v) is 5.73. The standard InChI is InChI=1S/C30H38N6O2/c1-5-27(29-32-33-34-36(29)19-26-11-8-14-38-26)35(13-12-23-10-7-6-9-21(23)3)18-25-17-24-16-20(2)15-22(4)28(24)31-30(25)37/h6-7,9-10,15-17,26-27H,5,8,11-14,18-19H2,1-4H3,(H,31,37)/t26-,27+/m0/s1. The van der Waals surface area contributed by atoms with Gasteiger partial charge in [0.05, 0.1) is 24.2 Å². The van der Waals surface area contributed by atoms with Gasteiger partial charge in [0.1, 0.15) is 0 Å². The monoisotopic (exact) mass is 514 g/mol. The molecule has 4 aromatic rings. The second kappa shape index (κ2) is 11.6. The zero-order chi connectivity index (χ0) is 26.6. The average Bonchev–Trinajstić information content (AvgIpc) is 3.57. The largest absolute Gasteiger partial charge is 0.376 e. The fraction of sp³-hybridized carbons (Fsp3) is 0.467. The number of aryl methyl sites for hydroxylation is 3. The van der Waals surface area contributed by atoms with E-state index in [-0.39, 0.29) is 17.7 Å². The maximum atomic E-state index is 13.3. The molecule has 8 heteroatoms. The van der Waals surface area contributed by atoms with E-state index < -0.39 is 0 Å². The molecule has 1 aliphatic rings. The number of ether oxygens (including phenoxy) is 1. The minimum absolute atomic E-state index is 0.0373. The first kappa shape index (κ1) is 26.3. The first-order valence-corrected chi connectivity index (χ1v) is 13.7. The molecule has 0 unspecified atom stereocenters. The normalized spacial score (nSPS) is 16.5. The summed E-state index contributed by atoms with van der Waals surface area (Å²) in [5, 5.41) is 13.9. The molecule has 5 rings (SSSR count). The number of nitrogens with zero attached hydrogens (tertiary/aromatic N) is 5.